The maximum Gasteiger partial charge on any atom is 0.119 e. The topological polar surface area (TPSA) is 40.5 Å². The molecule has 2 heteroatoms. The lowest BCUT2D eigenvalue weighted by atomic mass is 10.0. The van der Waals surface area contributed by atoms with E-state index in [0.717, 1.165) is 37.7 Å². The normalized spacial score (nSPS) is 11.5. The lowest BCUT2D eigenvalue weighted by Gasteiger charge is -2.04. The number of aromatic hydroxyl groups is 2. The fraction of sp³-hybridized carbons (Fsp3) is 0.478. The van der Waals surface area contributed by atoms with Crippen LogP contribution in [0.15, 0.2) is 55.2 Å². The first kappa shape index (κ1) is 21.1. The molecule has 0 heterocycles. The van der Waals surface area contributed by atoms with Crippen molar-refractivity contribution in [2.75, 3.05) is 0 Å². The molecule has 0 unspecified atom stereocenters. The molecule has 0 bridgehead atoms. The molecule has 2 N–H and O–H groups in total. The van der Waals surface area contributed by atoms with Gasteiger partial charge in [-0.15, -0.1) is 6.58 Å². The van der Waals surface area contributed by atoms with Crippen LogP contribution in [0, 0.1) is 0 Å². The van der Waals surface area contributed by atoms with Crippen LogP contribution in [-0.2, 0) is 6.42 Å². The maximum absolute atomic E-state index is 9.45. The van der Waals surface area contributed by atoms with E-state index in [1.807, 2.05) is 6.08 Å². The van der Waals surface area contributed by atoms with Crippen LogP contribution in [0.3, 0.4) is 0 Å². The average molecular weight is 343 g/mol. The molecule has 2 nitrogen and oxygen atoms in total. The second kappa shape index (κ2) is 14.4. The number of unbranched alkanes of at least 4 members (excludes halogenated alkanes) is 7. The van der Waals surface area contributed by atoms with E-state index in [4.69, 9.17) is 0 Å². The van der Waals surface area contributed by atoms with Gasteiger partial charge in [-0.05, 0) is 69.1 Å². The van der Waals surface area contributed by atoms with E-state index in [-0.39, 0.29) is 11.5 Å². The van der Waals surface area contributed by atoms with Gasteiger partial charge in [-0.3, -0.25) is 0 Å². The first-order chi connectivity index (χ1) is 12.2. The van der Waals surface area contributed by atoms with E-state index in [9.17, 15) is 10.2 Å². The highest BCUT2D eigenvalue weighted by Gasteiger charge is 1.99. The Morgan fingerprint density at radius 2 is 1.28 bits per heavy atom. The molecular weight excluding hydrogens is 308 g/mol. The van der Waals surface area contributed by atoms with Gasteiger partial charge >= 0.3 is 0 Å². The van der Waals surface area contributed by atoms with Gasteiger partial charge in [0.05, 0.1) is 0 Å². The zero-order chi connectivity index (χ0) is 18.2. The highest BCUT2D eigenvalue weighted by molar-refractivity contribution is 5.36. The van der Waals surface area contributed by atoms with Crippen molar-refractivity contribution < 1.29 is 10.2 Å². The second-order valence-corrected chi connectivity index (χ2v) is 6.56. The highest BCUT2D eigenvalue weighted by atomic mass is 16.3. The molecule has 0 fully saturated rings. The summed E-state index contributed by atoms with van der Waals surface area (Å²) in [5, 5.41) is 18.9. The fourth-order valence-corrected chi connectivity index (χ4v) is 2.81. The molecule has 1 aromatic carbocycles. The SMILES string of the molecule is C=CCCCC=CCC=CCCCCCCCc1cc(O)cc(O)c1. The van der Waals surface area contributed by atoms with Gasteiger partial charge in [0.15, 0.2) is 0 Å². The van der Waals surface area contributed by atoms with Gasteiger partial charge in [-0.25, -0.2) is 0 Å². The zero-order valence-corrected chi connectivity index (χ0v) is 15.5. The lowest BCUT2D eigenvalue weighted by Crippen LogP contribution is -1.86. The van der Waals surface area contributed by atoms with Crippen molar-refractivity contribution in [2.24, 2.45) is 0 Å². The van der Waals surface area contributed by atoms with E-state index >= 15 is 0 Å². The predicted octanol–water partition coefficient (Wildman–Crippen LogP) is 6.84. The van der Waals surface area contributed by atoms with Gasteiger partial charge in [0, 0.05) is 6.07 Å². The largest absolute Gasteiger partial charge is 0.508 e. The van der Waals surface area contributed by atoms with E-state index in [0.29, 0.717) is 0 Å². The van der Waals surface area contributed by atoms with Gasteiger partial charge in [0.2, 0.25) is 0 Å². The summed E-state index contributed by atoms with van der Waals surface area (Å²) >= 11 is 0. The van der Waals surface area contributed by atoms with Gasteiger partial charge in [-0.2, -0.15) is 0 Å². The van der Waals surface area contributed by atoms with Crippen molar-refractivity contribution >= 4 is 0 Å². The molecule has 25 heavy (non-hydrogen) atoms. The van der Waals surface area contributed by atoms with Crippen molar-refractivity contribution in [3.05, 3.63) is 60.7 Å². The van der Waals surface area contributed by atoms with Crippen molar-refractivity contribution in [3.63, 3.8) is 0 Å². The van der Waals surface area contributed by atoms with Crippen molar-refractivity contribution in [1.82, 2.24) is 0 Å². The third-order valence-corrected chi connectivity index (χ3v) is 4.18. The molecule has 0 spiro atoms. The fourth-order valence-electron chi connectivity index (χ4n) is 2.81. The lowest BCUT2D eigenvalue weighted by molar-refractivity contribution is 0.449. The molecule has 138 valence electrons. The van der Waals surface area contributed by atoms with Gasteiger partial charge in [0.1, 0.15) is 11.5 Å². The number of allylic oxidation sites excluding steroid dienone is 5. The van der Waals surface area contributed by atoms with Crippen LogP contribution in [0.5, 0.6) is 11.5 Å². The molecule has 0 aromatic heterocycles. The summed E-state index contributed by atoms with van der Waals surface area (Å²) in [5.41, 5.74) is 1.01. The summed E-state index contributed by atoms with van der Waals surface area (Å²) in [6, 6.07) is 4.84. The molecule has 0 aliphatic carbocycles. The summed E-state index contributed by atoms with van der Waals surface area (Å²) in [4.78, 5) is 0. The van der Waals surface area contributed by atoms with Crippen LogP contribution in [0.25, 0.3) is 0 Å². The van der Waals surface area contributed by atoms with Crippen LogP contribution in [-0.4, -0.2) is 10.2 Å². The summed E-state index contributed by atoms with van der Waals surface area (Å²) < 4.78 is 0. The third-order valence-electron chi connectivity index (χ3n) is 4.18. The number of aryl methyl sites for hydroxylation is 1. The molecule has 0 radical (unpaired) electrons. The first-order valence-electron chi connectivity index (χ1n) is 9.65. The van der Waals surface area contributed by atoms with E-state index in [1.165, 1.54) is 44.6 Å². The zero-order valence-electron chi connectivity index (χ0n) is 15.5. The Balaban J connectivity index is 1.93. The summed E-state index contributed by atoms with van der Waals surface area (Å²) in [7, 11) is 0. The molecule has 0 saturated carbocycles. The number of rotatable bonds is 14. The van der Waals surface area contributed by atoms with Crippen LogP contribution >= 0.6 is 0 Å². The van der Waals surface area contributed by atoms with Crippen LogP contribution < -0.4 is 0 Å². The van der Waals surface area contributed by atoms with Crippen molar-refractivity contribution in [2.45, 2.75) is 70.6 Å². The first-order valence-corrected chi connectivity index (χ1v) is 9.65. The number of hydrogen-bond donors (Lipinski definition) is 2. The predicted molar refractivity (Wildman–Crippen MR) is 108 cm³/mol. The van der Waals surface area contributed by atoms with Gasteiger partial charge in [-0.1, -0.05) is 49.6 Å². The molecule has 0 saturated heterocycles. The molecule has 0 aliphatic heterocycles. The van der Waals surface area contributed by atoms with Gasteiger partial charge < -0.3 is 10.2 Å². The number of phenolic OH excluding ortho intramolecular Hbond substituents is 2. The van der Waals surface area contributed by atoms with E-state index < -0.39 is 0 Å². The quantitative estimate of drug-likeness (QED) is 0.287. The molecular formula is C23H34O2. The van der Waals surface area contributed by atoms with Crippen LogP contribution in [0.4, 0.5) is 0 Å². The molecule has 0 atom stereocenters. The van der Waals surface area contributed by atoms with Crippen molar-refractivity contribution in [3.8, 4) is 11.5 Å². The van der Waals surface area contributed by atoms with Crippen LogP contribution in [0.2, 0.25) is 0 Å². The third kappa shape index (κ3) is 12.1. The standard InChI is InChI=1S/C23H34O2/c1-2-3-4-5-6-7-8-9-10-11-12-13-14-15-16-17-21-18-22(24)20-23(25)19-21/h2,6-7,9-10,18-20,24-25H,1,3-5,8,11-17H2. The monoisotopic (exact) mass is 342 g/mol. The second-order valence-electron chi connectivity index (χ2n) is 6.56. The Kier molecular flexibility index (Phi) is 12.1. The Morgan fingerprint density at radius 3 is 1.96 bits per heavy atom. The molecule has 1 rings (SSSR count). The minimum absolute atomic E-state index is 0.147. The minimum Gasteiger partial charge on any atom is -0.508 e. The Morgan fingerprint density at radius 1 is 0.680 bits per heavy atom. The van der Waals surface area contributed by atoms with E-state index in [1.54, 1.807) is 12.1 Å². The number of phenols is 2. The van der Waals surface area contributed by atoms with Crippen molar-refractivity contribution in [1.29, 1.82) is 0 Å². The molecule has 1 aromatic rings. The average Bonchev–Trinajstić information content (AvgIpc) is 2.57. The summed E-state index contributed by atoms with van der Waals surface area (Å²) in [6.45, 7) is 3.73. The minimum atomic E-state index is 0.147. The number of benzene rings is 1. The highest BCUT2D eigenvalue weighted by Crippen LogP contribution is 2.22. The smallest absolute Gasteiger partial charge is 0.119 e. The Labute approximate surface area is 153 Å². The van der Waals surface area contributed by atoms with E-state index in [2.05, 4.69) is 30.9 Å². The summed E-state index contributed by atoms with van der Waals surface area (Å²) in [5.74, 6) is 0.293. The Hall–Kier alpha value is -1.96. The molecule has 0 aliphatic rings. The summed E-state index contributed by atoms with van der Waals surface area (Å²) in [6.07, 6.45) is 23.7. The van der Waals surface area contributed by atoms with Gasteiger partial charge in [0.25, 0.3) is 0 Å². The van der Waals surface area contributed by atoms with Crippen LogP contribution in [0.1, 0.15) is 69.8 Å². The maximum atomic E-state index is 9.45. The molecule has 0 amide bonds. The number of hydrogen-bond acceptors (Lipinski definition) is 2. The Bertz CT molecular complexity index is 509.